The summed E-state index contributed by atoms with van der Waals surface area (Å²) in [5.41, 5.74) is 0.534. The van der Waals surface area contributed by atoms with Crippen molar-refractivity contribution in [3.63, 3.8) is 0 Å². The molecule has 80 valence electrons. The predicted molar refractivity (Wildman–Crippen MR) is 57.3 cm³/mol. The van der Waals surface area contributed by atoms with Crippen LogP contribution in [0.5, 0.6) is 0 Å². The van der Waals surface area contributed by atoms with Crippen LogP contribution in [0.25, 0.3) is 0 Å². The average molecular weight is 246 g/mol. The minimum Gasteiger partial charge on any atom is -0.477 e. The van der Waals surface area contributed by atoms with E-state index in [1.165, 1.54) is 16.7 Å². The Morgan fingerprint density at radius 3 is 2.80 bits per heavy atom. The Labute approximate surface area is 95.6 Å². The zero-order chi connectivity index (χ0) is 11.3. The number of allylic oxidation sites excluding steroid dienone is 1. The van der Waals surface area contributed by atoms with Gasteiger partial charge in [-0.15, -0.1) is 11.6 Å². The quantitative estimate of drug-likeness (QED) is 0.560. The lowest BCUT2D eigenvalue weighted by atomic mass is 10.1. The van der Waals surface area contributed by atoms with Crippen molar-refractivity contribution in [3.8, 4) is 0 Å². The molecule has 1 amide bonds. The lowest BCUT2D eigenvalue weighted by molar-refractivity contribution is -0.145. The van der Waals surface area contributed by atoms with E-state index in [1.54, 1.807) is 6.92 Å². The van der Waals surface area contributed by atoms with Crippen molar-refractivity contribution in [1.82, 2.24) is 4.90 Å². The van der Waals surface area contributed by atoms with Crippen molar-refractivity contribution in [3.05, 3.63) is 22.8 Å². The van der Waals surface area contributed by atoms with Gasteiger partial charge in [0.05, 0.1) is 0 Å². The summed E-state index contributed by atoms with van der Waals surface area (Å²) in [5.74, 6) is -1.46. The summed E-state index contributed by atoms with van der Waals surface area (Å²) in [6, 6.07) is 0. The molecule has 1 N–H and O–H groups in total. The summed E-state index contributed by atoms with van der Waals surface area (Å²) in [4.78, 5) is 24.3. The first-order valence-electron chi connectivity index (χ1n) is 4.22. The third kappa shape index (κ3) is 1.30. The summed E-state index contributed by atoms with van der Waals surface area (Å²) in [5, 5.41) is 8.04. The van der Waals surface area contributed by atoms with Gasteiger partial charge in [-0.1, -0.05) is 18.3 Å². The molecule has 4 nitrogen and oxygen atoms in total. The molecule has 0 bridgehead atoms. The van der Waals surface area contributed by atoms with Crippen LogP contribution in [0.3, 0.4) is 0 Å². The third-order valence-electron chi connectivity index (χ3n) is 2.46. The summed E-state index contributed by atoms with van der Waals surface area (Å²) in [6.07, 6.45) is 0. The molecule has 0 saturated carbocycles. The van der Waals surface area contributed by atoms with Crippen LogP contribution < -0.4 is 0 Å². The maximum absolute atomic E-state index is 11.4. The van der Waals surface area contributed by atoms with Gasteiger partial charge in [-0.3, -0.25) is 9.69 Å². The van der Waals surface area contributed by atoms with E-state index in [-0.39, 0.29) is 17.0 Å². The Morgan fingerprint density at radius 2 is 2.27 bits per heavy atom. The van der Waals surface area contributed by atoms with E-state index in [1.807, 2.05) is 0 Å². The second kappa shape index (κ2) is 3.28. The predicted octanol–water partition coefficient (Wildman–Crippen LogP) is 1.38. The van der Waals surface area contributed by atoms with E-state index in [4.69, 9.17) is 16.7 Å². The average Bonchev–Trinajstić information content (AvgIpc) is 2.20. The lowest BCUT2D eigenvalue weighted by Gasteiger charge is -2.47. The molecule has 1 fully saturated rings. The van der Waals surface area contributed by atoms with Crippen molar-refractivity contribution in [1.29, 1.82) is 0 Å². The molecule has 2 heterocycles. The minimum atomic E-state index is -1.11. The Balaban J connectivity index is 2.47. The maximum atomic E-state index is 11.4. The molecule has 2 atom stereocenters. The highest BCUT2D eigenvalue weighted by Crippen LogP contribution is 2.47. The zero-order valence-electron chi connectivity index (χ0n) is 7.86. The molecule has 2 rings (SSSR count). The smallest absolute Gasteiger partial charge is 0.352 e. The summed E-state index contributed by atoms with van der Waals surface area (Å²) >= 11 is 7.12. The van der Waals surface area contributed by atoms with E-state index in [0.29, 0.717) is 10.5 Å². The Hall–Kier alpha value is -0.940. The first-order valence-corrected chi connectivity index (χ1v) is 5.54. The number of amides is 1. The van der Waals surface area contributed by atoms with Crippen LogP contribution >= 0.6 is 23.4 Å². The molecule has 6 heteroatoms. The van der Waals surface area contributed by atoms with E-state index in [0.717, 1.165) is 0 Å². The lowest BCUT2D eigenvalue weighted by Crippen LogP contribution is -2.62. The number of thioether (sulfide) groups is 1. The molecule has 0 aliphatic carbocycles. The molecule has 0 aromatic rings. The number of rotatable bonds is 1. The topological polar surface area (TPSA) is 57.6 Å². The molecule has 0 aromatic heterocycles. The van der Waals surface area contributed by atoms with Gasteiger partial charge in [0.1, 0.15) is 16.4 Å². The summed E-state index contributed by atoms with van der Waals surface area (Å²) in [6.45, 7) is 5.39. The van der Waals surface area contributed by atoms with Gasteiger partial charge in [-0.25, -0.2) is 4.79 Å². The highest BCUT2D eigenvalue weighted by molar-refractivity contribution is 8.04. The fraction of sp³-hybridized carbons (Fsp3) is 0.333. The monoisotopic (exact) mass is 245 g/mol. The largest absolute Gasteiger partial charge is 0.477 e. The van der Waals surface area contributed by atoms with Crippen LogP contribution in [-0.2, 0) is 9.59 Å². The van der Waals surface area contributed by atoms with Gasteiger partial charge in [0, 0.05) is 4.91 Å². The number of nitrogens with zero attached hydrogens (tertiary/aromatic N) is 1. The minimum absolute atomic E-state index is 0.00523. The third-order valence-corrected chi connectivity index (χ3v) is 4.35. The van der Waals surface area contributed by atoms with Crippen molar-refractivity contribution in [2.75, 3.05) is 0 Å². The van der Waals surface area contributed by atoms with Gasteiger partial charge in [0.2, 0.25) is 5.91 Å². The molecule has 0 unspecified atom stereocenters. The van der Waals surface area contributed by atoms with E-state index in [9.17, 15) is 9.59 Å². The SMILES string of the molecule is C=C1S[C@@H]2[C@@H](Cl)C(=O)N2C(C(=O)O)=C1C. The number of carboxylic acid groups (broad SMARTS) is 1. The van der Waals surface area contributed by atoms with Gasteiger partial charge < -0.3 is 5.11 Å². The molecule has 0 aromatic carbocycles. The normalized spacial score (nSPS) is 30.1. The van der Waals surface area contributed by atoms with Gasteiger partial charge in [-0.2, -0.15) is 0 Å². The van der Waals surface area contributed by atoms with Gasteiger partial charge in [0.25, 0.3) is 0 Å². The summed E-state index contributed by atoms with van der Waals surface area (Å²) < 4.78 is 0. The molecular weight excluding hydrogens is 238 g/mol. The number of carbonyl (C=O) groups is 2. The van der Waals surface area contributed by atoms with Gasteiger partial charge in [-0.05, 0) is 12.5 Å². The Morgan fingerprint density at radius 1 is 1.67 bits per heavy atom. The Kier molecular flexibility index (Phi) is 2.31. The van der Waals surface area contributed by atoms with Crippen molar-refractivity contribution >= 4 is 35.2 Å². The van der Waals surface area contributed by atoms with Gasteiger partial charge in [0.15, 0.2) is 0 Å². The second-order valence-electron chi connectivity index (χ2n) is 3.32. The number of alkyl halides is 1. The number of carbonyl (C=O) groups excluding carboxylic acids is 1. The molecule has 1 saturated heterocycles. The van der Waals surface area contributed by atoms with Crippen molar-refractivity contribution in [2.45, 2.75) is 17.7 Å². The molecule has 15 heavy (non-hydrogen) atoms. The molecule has 0 radical (unpaired) electrons. The highest BCUT2D eigenvalue weighted by Gasteiger charge is 2.53. The molecular formula is C9H8ClNO3S. The van der Waals surface area contributed by atoms with Crippen LogP contribution in [0, 0.1) is 0 Å². The number of hydrogen-bond acceptors (Lipinski definition) is 3. The maximum Gasteiger partial charge on any atom is 0.352 e. The first kappa shape index (κ1) is 10.6. The highest BCUT2D eigenvalue weighted by atomic mass is 35.5. The van der Waals surface area contributed by atoms with Crippen LogP contribution in [0.15, 0.2) is 22.8 Å². The second-order valence-corrected chi connectivity index (χ2v) is 5.00. The Bertz CT molecular complexity index is 418. The fourth-order valence-corrected chi connectivity index (χ4v) is 3.08. The van der Waals surface area contributed by atoms with Crippen LogP contribution in [0.2, 0.25) is 0 Å². The van der Waals surface area contributed by atoms with Crippen LogP contribution in [0.4, 0.5) is 0 Å². The van der Waals surface area contributed by atoms with Crippen LogP contribution in [0.1, 0.15) is 6.92 Å². The molecule has 0 spiro atoms. The summed E-state index contributed by atoms with van der Waals surface area (Å²) in [7, 11) is 0. The van der Waals surface area contributed by atoms with Crippen molar-refractivity contribution in [2.24, 2.45) is 0 Å². The number of hydrogen-bond donors (Lipinski definition) is 1. The first-order chi connectivity index (χ1) is 6.95. The van der Waals surface area contributed by atoms with Crippen LogP contribution in [-0.4, -0.2) is 32.6 Å². The fourth-order valence-electron chi connectivity index (χ4n) is 1.59. The van der Waals surface area contributed by atoms with Gasteiger partial charge >= 0.3 is 5.97 Å². The number of halogens is 1. The number of aliphatic carboxylic acids is 1. The van der Waals surface area contributed by atoms with E-state index in [2.05, 4.69) is 6.58 Å². The number of carboxylic acids is 1. The van der Waals surface area contributed by atoms with E-state index < -0.39 is 11.3 Å². The number of β-lactam (4-membered cyclic amide) rings is 1. The number of fused-ring (bicyclic) bond motifs is 1. The zero-order valence-corrected chi connectivity index (χ0v) is 9.43. The molecule has 2 aliphatic rings. The van der Waals surface area contributed by atoms with Crippen molar-refractivity contribution < 1.29 is 14.7 Å². The molecule has 2 aliphatic heterocycles. The van der Waals surface area contributed by atoms with E-state index >= 15 is 0 Å². The standard InChI is InChI=1S/C9H8ClNO3S/c1-3-4(2)15-8-5(10)7(12)11(8)6(3)9(13)14/h5,8H,2H2,1H3,(H,13,14)/t5-,8+/m0/s1.